The molecule has 0 atom stereocenters. The van der Waals surface area contributed by atoms with Gasteiger partial charge >= 0.3 is 0 Å². The van der Waals surface area contributed by atoms with Crippen LogP contribution in [0.3, 0.4) is 0 Å². The van der Waals surface area contributed by atoms with Gasteiger partial charge in [0.15, 0.2) is 0 Å². The molecule has 5 nitrogen and oxygen atoms in total. The van der Waals surface area contributed by atoms with Gasteiger partial charge in [0.25, 0.3) is 0 Å². The maximum absolute atomic E-state index is 12.8. The van der Waals surface area contributed by atoms with E-state index in [2.05, 4.69) is 17.1 Å². The molecule has 1 heterocycles. The second-order valence-corrected chi connectivity index (χ2v) is 8.42. The van der Waals surface area contributed by atoms with Gasteiger partial charge < -0.3 is 10.6 Å². The van der Waals surface area contributed by atoms with E-state index in [0.717, 1.165) is 30.5 Å². The Bertz CT molecular complexity index is 900. The predicted octanol–water partition coefficient (Wildman–Crippen LogP) is 3.66. The van der Waals surface area contributed by atoms with Crippen LogP contribution in [0.4, 0.5) is 11.5 Å². The average Bonchev–Trinajstić information content (AvgIpc) is 2.64. The second-order valence-electron chi connectivity index (χ2n) is 8.42. The number of carbonyl (C=O) groups excluding carboxylic acids is 2. The smallest absolute Gasteiger partial charge is 0.226 e. The molecule has 0 spiro atoms. The summed E-state index contributed by atoms with van der Waals surface area (Å²) in [7, 11) is 1.81. The van der Waals surface area contributed by atoms with Gasteiger partial charge in [-0.2, -0.15) is 0 Å². The number of Topliss-reactive ketones (excluding diaryl/α,β-unsaturated/α-hetero) is 1. The summed E-state index contributed by atoms with van der Waals surface area (Å²) in [6, 6.07) is 12.1. The first-order chi connectivity index (χ1) is 13.4. The largest absolute Gasteiger partial charge is 0.383 e. The Morgan fingerprint density at radius 3 is 2.43 bits per heavy atom. The molecule has 0 radical (unpaired) electrons. The number of nitrogen functional groups attached to an aromatic ring is 1. The molecule has 0 saturated heterocycles. The quantitative estimate of drug-likeness (QED) is 0.799. The minimum atomic E-state index is -0.120. The van der Waals surface area contributed by atoms with Gasteiger partial charge in [0.05, 0.1) is 0 Å². The topological polar surface area (TPSA) is 76.3 Å². The highest BCUT2D eigenvalue weighted by atomic mass is 16.2. The number of amides is 1. The van der Waals surface area contributed by atoms with Gasteiger partial charge in [-0.05, 0) is 60.4 Å². The van der Waals surface area contributed by atoms with Crippen LogP contribution in [0, 0.1) is 5.41 Å². The van der Waals surface area contributed by atoms with Gasteiger partial charge in [-0.15, -0.1) is 0 Å². The van der Waals surface area contributed by atoms with Gasteiger partial charge in [-0.3, -0.25) is 9.59 Å². The monoisotopic (exact) mass is 377 g/mol. The van der Waals surface area contributed by atoms with Crippen LogP contribution in [0.1, 0.15) is 50.2 Å². The van der Waals surface area contributed by atoms with Gasteiger partial charge in [0.1, 0.15) is 11.6 Å². The first kappa shape index (κ1) is 18.7. The fourth-order valence-corrected chi connectivity index (χ4v) is 4.99. The number of nitrogens with two attached hydrogens (primary N) is 1. The lowest BCUT2D eigenvalue weighted by molar-refractivity contribution is -0.173. The fraction of sp³-hybridized carbons (Fsp3) is 0.435. The molecule has 146 valence electrons. The van der Waals surface area contributed by atoms with E-state index in [0.29, 0.717) is 30.9 Å². The Hall–Kier alpha value is -2.69. The zero-order chi connectivity index (χ0) is 19.9. The van der Waals surface area contributed by atoms with E-state index in [-0.39, 0.29) is 16.7 Å². The molecule has 2 N–H and O–H groups in total. The lowest BCUT2D eigenvalue weighted by Gasteiger charge is -2.70. The number of anilines is 2. The third kappa shape index (κ3) is 2.89. The van der Waals surface area contributed by atoms with Gasteiger partial charge in [-0.25, -0.2) is 4.98 Å². The molecule has 2 bridgehead atoms. The highest BCUT2D eigenvalue weighted by molar-refractivity contribution is 5.92. The molecule has 3 aliphatic rings. The van der Waals surface area contributed by atoms with E-state index >= 15 is 0 Å². The maximum Gasteiger partial charge on any atom is 0.226 e. The van der Waals surface area contributed by atoms with E-state index in [1.807, 2.05) is 38.2 Å². The van der Waals surface area contributed by atoms with E-state index < -0.39 is 0 Å². The van der Waals surface area contributed by atoms with Crippen LogP contribution in [-0.2, 0) is 21.4 Å². The number of aromatic nitrogens is 1. The SMILES string of the molecule is CCC(=O)N(C)c1ccc(C23CC(C(=O)CCc4cccnc4N)(C2)C3)cc1. The maximum atomic E-state index is 12.8. The zero-order valence-corrected chi connectivity index (χ0v) is 16.6. The summed E-state index contributed by atoms with van der Waals surface area (Å²) in [6.45, 7) is 1.87. The van der Waals surface area contributed by atoms with Crippen molar-refractivity contribution in [3.63, 3.8) is 0 Å². The Morgan fingerprint density at radius 1 is 1.14 bits per heavy atom. The second kappa shape index (κ2) is 6.73. The summed E-state index contributed by atoms with van der Waals surface area (Å²) in [6.07, 6.45) is 6.22. The van der Waals surface area contributed by atoms with Crippen molar-refractivity contribution < 1.29 is 9.59 Å². The standard InChI is InChI=1S/C23H27N3O2/c1-3-20(28)26(2)18-9-7-17(8-10-18)22-13-23(14-22,15-22)19(27)11-6-16-5-4-12-25-21(16)24/h4-5,7-10,12H,3,6,11,13-15H2,1-2H3,(H2,24,25). The molecular formula is C23H27N3O2. The van der Waals surface area contributed by atoms with Crippen LogP contribution in [0.2, 0.25) is 0 Å². The predicted molar refractivity (Wildman–Crippen MR) is 110 cm³/mol. The Kier molecular flexibility index (Phi) is 4.48. The lowest BCUT2D eigenvalue weighted by Crippen LogP contribution is -2.67. The fourth-order valence-electron chi connectivity index (χ4n) is 4.99. The average molecular weight is 377 g/mol. The minimum absolute atomic E-state index is 0.108. The number of rotatable bonds is 7. The minimum Gasteiger partial charge on any atom is -0.383 e. The Labute approximate surface area is 165 Å². The molecule has 0 unspecified atom stereocenters. The molecule has 1 aromatic heterocycles. The third-order valence-electron chi connectivity index (χ3n) is 6.71. The number of aryl methyl sites for hydroxylation is 1. The molecule has 28 heavy (non-hydrogen) atoms. The number of nitrogens with zero attached hydrogens (tertiary/aromatic N) is 2. The van der Waals surface area contributed by atoms with Crippen LogP contribution in [0.25, 0.3) is 0 Å². The van der Waals surface area contributed by atoms with Gasteiger partial charge in [-0.1, -0.05) is 25.1 Å². The summed E-state index contributed by atoms with van der Waals surface area (Å²) in [5.74, 6) is 0.996. The van der Waals surface area contributed by atoms with Crippen molar-refractivity contribution in [1.29, 1.82) is 0 Å². The number of hydrogen-bond acceptors (Lipinski definition) is 4. The van der Waals surface area contributed by atoms with Crippen LogP contribution in [0.15, 0.2) is 42.6 Å². The number of pyridine rings is 1. The van der Waals surface area contributed by atoms with Gasteiger partial charge in [0, 0.05) is 37.2 Å². The van der Waals surface area contributed by atoms with Crippen LogP contribution >= 0.6 is 0 Å². The van der Waals surface area contributed by atoms with E-state index in [1.165, 1.54) is 5.56 Å². The summed E-state index contributed by atoms with van der Waals surface area (Å²) >= 11 is 0. The first-order valence-electron chi connectivity index (χ1n) is 9.99. The Morgan fingerprint density at radius 2 is 1.82 bits per heavy atom. The molecule has 3 saturated carbocycles. The zero-order valence-electron chi connectivity index (χ0n) is 16.6. The van der Waals surface area contributed by atoms with Crippen molar-refractivity contribution >= 4 is 23.2 Å². The molecule has 3 aliphatic carbocycles. The number of ketones is 1. The normalized spacial score (nSPS) is 24.8. The highest BCUT2D eigenvalue weighted by Gasteiger charge is 2.70. The molecule has 1 amide bonds. The number of benzene rings is 1. The molecular weight excluding hydrogens is 350 g/mol. The summed E-state index contributed by atoms with van der Waals surface area (Å²) in [5, 5.41) is 0. The Balaban J connectivity index is 1.35. The van der Waals surface area contributed by atoms with Gasteiger partial charge in [0.2, 0.25) is 5.91 Å². The number of hydrogen-bond donors (Lipinski definition) is 1. The van der Waals surface area contributed by atoms with Crippen molar-refractivity contribution in [1.82, 2.24) is 4.98 Å². The van der Waals surface area contributed by atoms with Crippen molar-refractivity contribution in [2.45, 2.75) is 50.9 Å². The van der Waals surface area contributed by atoms with Crippen molar-refractivity contribution in [3.8, 4) is 0 Å². The third-order valence-corrected chi connectivity index (χ3v) is 6.71. The molecule has 3 fully saturated rings. The van der Waals surface area contributed by atoms with Crippen LogP contribution < -0.4 is 10.6 Å². The molecule has 5 rings (SSSR count). The molecule has 2 aromatic rings. The summed E-state index contributed by atoms with van der Waals surface area (Å²) in [5.41, 5.74) is 9.09. The van der Waals surface area contributed by atoms with E-state index in [9.17, 15) is 9.59 Å². The highest BCUT2D eigenvalue weighted by Crippen LogP contribution is 2.74. The van der Waals surface area contributed by atoms with Crippen LogP contribution in [-0.4, -0.2) is 23.7 Å². The number of carbonyl (C=O) groups is 2. The summed E-state index contributed by atoms with van der Waals surface area (Å²) < 4.78 is 0. The van der Waals surface area contributed by atoms with Crippen molar-refractivity contribution in [2.24, 2.45) is 5.41 Å². The van der Waals surface area contributed by atoms with Crippen molar-refractivity contribution in [2.75, 3.05) is 17.7 Å². The molecule has 1 aromatic carbocycles. The van der Waals surface area contributed by atoms with Crippen molar-refractivity contribution in [3.05, 3.63) is 53.7 Å². The first-order valence-corrected chi connectivity index (χ1v) is 9.99. The van der Waals surface area contributed by atoms with Crippen LogP contribution in [0.5, 0.6) is 0 Å². The molecule has 5 heteroatoms. The van der Waals surface area contributed by atoms with E-state index in [1.54, 1.807) is 11.1 Å². The molecule has 0 aliphatic heterocycles. The van der Waals surface area contributed by atoms with E-state index in [4.69, 9.17) is 5.73 Å². The summed E-state index contributed by atoms with van der Waals surface area (Å²) in [4.78, 5) is 30.4. The lowest BCUT2D eigenvalue weighted by atomic mass is 9.32.